The molecule has 0 spiro atoms. The minimum atomic E-state index is -3.66. The maximum atomic E-state index is 12.4. The van der Waals surface area contributed by atoms with Crippen molar-refractivity contribution in [3.8, 4) is 0 Å². The first-order chi connectivity index (χ1) is 11.0. The van der Waals surface area contributed by atoms with Gasteiger partial charge in [0.1, 0.15) is 0 Å². The standard InChI is InChI=1S/C16H18N2O4S/c1-22-16(19)11-5-9-14-15(10-6-12-17-14)18-23(20,21)13-7-3-2-4-8-13/h2-4,6-8,10,12,18H,5,9,11H2,1H3. The first-order valence-corrected chi connectivity index (χ1v) is 8.60. The molecule has 1 N–H and O–H groups in total. The number of aryl methyl sites for hydroxylation is 1. The van der Waals surface area contributed by atoms with Gasteiger partial charge in [-0.3, -0.25) is 14.5 Å². The monoisotopic (exact) mass is 334 g/mol. The zero-order valence-electron chi connectivity index (χ0n) is 12.7. The average molecular weight is 334 g/mol. The molecule has 2 aromatic rings. The molecule has 0 bridgehead atoms. The molecule has 1 aromatic heterocycles. The van der Waals surface area contributed by atoms with Gasteiger partial charge in [0.2, 0.25) is 0 Å². The van der Waals surface area contributed by atoms with Crippen molar-refractivity contribution in [3.05, 3.63) is 54.4 Å². The number of rotatable bonds is 7. The number of hydrogen-bond donors (Lipinski definition) is 1. The highest BCUT2D eigenvalue weighted by molar-refractivity contribution is 7.92. The number of carbonyl (C=O) groups is 1. The number of aromatic nitrogens is 1. The van der Waals surface area contributed by atoms with E-state index in [9.17, 15) is 13.2 Å². The van der Waals surface area contributed by atoms with Crippen LogP contribution in [0.3, 0.4) is 0 Å². The number of carbonyl (C=O) groups excluding carboxylic acids is 1. The van der Waals surface area contributed by atoms with Crippen LogP contribution in [0.25, 0.3) is 0 Å². The number of nitrogens with zero attached hydrogens (tertiary/aromatic N) is 1. The first kappa shape index (κ1) is 17.0. The van der Waals surface area contributed by atoms with Gasteiger partial charge in [0.05, 0.1) is 23.4 Å². The molecule has 0 aliphatic heterocycles. The molecule has 0 amide bonds. The lowest BCUT2D eigenvalue weighted by Crippen LogP contribution is -2.14. The third kappa shape index (κ3) is 4.79. The summed E-state index contributed by atoms with van der Waals surface area (Å²) in [6.07, 6.45) is 2.86. The Kier molecular flexibility index (Phi) is 5.70. The van der Waals surface area contributed by atoms with Gasteiger partial charge in [0.15, 0.2) is 0 Å². The van der Waals surface area contributed by atoms with E-state index in [0.717, 1.165) is 0 Å². The molecule has 23 heavy (non-hydrogen) atoms. The Bertz CT molecular complexity index is 761. The smallest absolute Gasteiger partial charge is 0.305 e. The number of nitrogens with one attached hydrogen (secondary N) is 1. The van der Waals surface area contributed by atoms with E-state index in [1.165, 1.54) is 19.2 Å². The van der Waals surface area contributed by atoms with Crippen LogP contribution in [0.15, 0.2) is 53.6 Å². The van der Waals surface area contributed by atoms with Gasteiger partial charge in [-0.05, 0) is 37.1 Å². The predicted molar refractivity (Wildman–Crippen MR) is 86.4 cm³/mol. The summed E-state index contributed by atoms with van der Waals surface area (Å²) >= 11 is 0. The van der Waals surface area contributed by atoms with Crippen LogP contribution in [0, 0.1) is 0 Å². The highest BCUT2D eigenvalue weighted by atomic mass is 32.2. The molecule has 0 fully saturated rings. The van der Waals surface area contributed by atoms with E-state index < -0.39 is 10.0 Å². The van der Waals surface area contributed by atoms with Gasteiger partial charge >= 0.3 is 5.97 Å². The largest absolute Gasteiger partial charge is 0.469 e. The molecule has 2 rings (SSSR count). The van der Waals surface area contributed by atoms with Crippen LogP contribution >= 0.6 is 0 Å². The van der Waals surface area contributed by atoms with Gasteiger partial charge in [-0.2, -0.15) is 0 Å². The van der Waals surface area contributed by atoms with Crippen molar-refractivity contribution in [2.45, 2.75) is 24.2 Å². The Hall–Kier alpha value is -2.41. The van der Waals surface area contributed by atoms with Crippen molar-refractivity contribution in [2.75, 3.05) is 11.8 Å². The minimum Gasteiger partial charge on any atom is -0.469 e. The van der Waals surface area contributed by atoms with E-state index in [4.69, 9.17) is 0 Å². The van der Waals surface area contributed by atoms with Crippen molar-refractivity contribution in [3.63, 3.8) is 0 Å². The number of benzene rings is 1. The minimum absolute atomic E-state index is 0.185. The van der Waals surface area contributed by atoms with Crippen LogP contribution in [-0.4, -0.2) is 26.5 Å². The van der Waals surface area contributed by atoms with Gasteiger partial charge in [0.25, 0.3) is 10.0 Å². The van der Waals surface area contributed by atoms with Gasteiger partial charge < -0.3 is 4.74 Å². The normalized spacial score (nSPS) is 11.0. The lowest BCUT2D eigenvalue weighted by Gasteiger charge is -2.11. The van der Waals surface area contributed by atoms with Crippen LogP contribution in [0.1, 0.15) is 18.5 Å². The Morgan fingerprint density at radius 3 is 2.61 bits per heavy atom. The second kappa shape index (κ2) is 7.73. The van der Waals surface area contributed by atoms with Crippen LogP contribution in [0.4, 0.5) is 5.69 Å². The molecule has 0 aliphatic carbocycles. The highest BCUT2D eigenvalue weighted by Gasteiger charge is 2.16. The van der Waals surface area contributed by atoms with Gasteiger partial charge in [0, 0.05) is 12.6 Å². The van der Waals surface area contributed by atoms with E-state index in [1.807, 2.05) is 0 Å². The molecule has 7 heteroatoms. The number of pyridine rings is 1. The zero-order valence-corrected chi connectivity index (χ0v) is 13.5. The summed E-state index contributed by atoms with van der Waals surface area (Å²) in [5, 5.41) is 0. The topological polar surface area (TPSA) is 85.4 Å². The fourth-order valence-corrected chi connectivity index (χ4v) is 3.14. The SMILES string of the molecule is COC(=O)CCCc1ncccc1NS(=O)(=O)c1ccccc1. The Morgan fingerprint density at radius 1 is 1.17 bits per heavy atom. The molecule has 0 saturated carbocycles. The lowest BCUT2D eigenvalue weighted by atomic mass is 10.1. The van der Waals surface area contributed by atoms with Gasteiger partial charge in [-0.1, -0.05) is 18.2 Å². The fourth-order valence-electron chi connectivity index (χ4n) is 2.04. The lowest BCUT2D eigenvalue weighted by molar-refractivity contribution is -0.140. The molecule has 0 atom stereocenters. The highest BCUT2D eigenvalue weighted by Crippen LogP contribution is 2.19. The molecule has 0 aliphatic rings. The summed E-state index contributed by atoms with van der Waals surface area (Å²) in [5.41, 5.74) is 1.01. The average Bonchev–Trinajstić information content (AvgIpc) is 2.57. The van der Waals surface area contributed by atoms with E-state index in [2.05, 4.69) is 14.4 Å². The van der Waals surface area contributed by atoms with E-state index >= 15 is 0 Å². The molecule has 0 saturated heterocycles. The summed E-state index contributed by atoms with van der Waals surface area (Å²) in [7, 11) is -2.33. The third-order valence-corrected chi connectivity index (χ3v) is 4.59. The molecule has 122 valence electrons. The number of anilines is 1. The molecular formula is C16H18N2O4S. The number of ether oxygens (including phenoxy) is 1. The fraction of sp³-hybridized carbons (Fsp3) is 0.250. The van der Waals surface area contributed by atoms with E-state index in [0.29, 0.717) is 24.2 Å². The maximum absolute atomic E-state index is 12.4. The number of esters is 1. The van der Waals surface area contributed by atoms with E-state index in [1.54, 1.807) is 36.5 Å². The first-order valence-electron chi connectivity index (χ1n) is 7.11. The Balaban J connectivity index is 2.13. The predicted octanol–water partition coefficient (Wildman–Crippen LogP) is 2.38. The molecule has 6 nitrogen and oxygen atoms in total. The number of hydrogen-bond acceptors (Lipinski definition) is 5. The van der Waals surface area contributed by atoms with Gasteiger partial charge in [-0.15, -0.1) is 0 Å². The van der Waals surface area contributed by atoms with Crippen molar-refractivity contribution >= 4 is 21.7 Å². The van der Waals surface area contributed by atoms with Crippen molar-refractivity contribution in [2.24, 2.45) is 0 Å². The molecule has 0 unspecified atom stereocenters. The molecule has 1 heterocycles. The van der Waals surface area contributed by atoms with Crippen molar-refractivity contribution in [1.29, 1.82) is 0 Å². The van der Waals surface area contributed by atoms with Crippen LogP contribution in [0.5, 0.6) is 0 Å². The third-order valence-electron chi connectivity index (χ3n) is 3.21. The Labute approximate surface area is 135 Å². The van der Waals surface area contributed by atoms with Crippen LogP contribution < -0.4 is 4.72 Å². The quantitative estimate of drug-likeness (QED) is 0.786. The van der Waals surface area contributed by atoms with Crippen LogP contribution in [-0.2, 0) is 26.0 Å². The van der Waals surface area contributed by atoms with E-state index in [-0.39, 0.29) is 17.3 Å². The molecule has 0 radical (unpaired) electrons. The maximum Gasteiger partial charge on any atom is 0.305 e. The van der Waals surface area contributed by atoms with Gasteiger partial charge in [-0.25, -0.2) is 8.42 Å². The number of methoxy groups -OCH3 is 1. The summed E-state index contributed by atoms with van der Waals surface area (Å²) in [4.78, 5) is 15.5. The molecular weight excluding hydrogens is 316 g/mol. The van der Waals surface area contributed by atoms with Crippen molar-refractivity contribution in [1.82, 2.24) is 4.98 Å². The van der Waals surface area contributed by atoms with Crippen LogP contribution in [0.2, 0.25) is 0 Å². The Morgan fingerprint density at radius 2 is 1.91 bits per heavy atom. The summed E-state index contributed by atoms with van der Waals surface area (Å²) in [5.74, 6) is -0.299. The summed E-state index contributed by atoms with van der Waals surface area (Å²) in [6, 6.07) is 11.4. The second-order valence-corrected chi connectivity index (χ2v) is 6.53. The second-order valence-electron chi connectivity index (χ2n) is 4.85. The summed E-state index contributed by atoms with van der Waals surface area (Å²) < 4.78 is 31.9. The number of sulfonamides is 1. The molecule has 1 aromatic carbocycles. The zero-order chi connectivity index (χ0) is 16.7. The van der Waals surface area contributed by atoms with Crippen molar-refractivity contribution < 1.29 is 17.9 Å². The summed E-state index contributed by atoms with van der Waals surface area (Å²) in [6.45, 7) is 0.